The Labute approximate surface area is 126 Å². The van der Waals surface area contributed by atoms with Crippen LogP contribution in [0, 0.1) is 17.8 Å². The number of hydrogen-bond donors (Lipinski definition) is 1. The minimum atomic E-state index is 0.232. The third kappa shape index (κ3) is 3.48. The van der Waals surface area contributed by atoms with Gasteiger partial charge in [-0.25, -0.2) is 0 Å². The van der Waals surface area contributed by atoms with Gasteiger partial charge in [0.2, 0.25) is 0 Å². The second kappa shape index (κ2) is 6.53. The van der Waals surface area contributed by atoms with E-state index in [-0.39, 0.29) is 6.10 Å². The van der Waals surface area contributed by atoms with Gasteiger partial charge in [-0.05, 0) is 36.7 Å². The van der Waals surface area contributed by atoms with Crippen LogP contribution in [0.3, 0.4) is 0 Å². The number of thiocarbonyl (C=S) groups is 1. The Kier molecular flexibility index (Phi) is 4.97. The van der Waals surface area contributed by atoms with Crippen LogP contribution >= 0.6 is 12.2 Å². The first kappa shape index (κ1) is 15.2. The summed E-state index contributed by atoms with van der Waals surface area (Å²) in [6.45, 7) is 6.84. The van der Waals surface area contributed by atoms with Crippen molar-refractivity contribution in [1.29, 1.82) is 0 Å². The first-order chi connectivity index (χ1) is 9.49. The van der Waals surface area contributed by atoms with E-state index in [4.69, 9.17) is 22.7 Å². The van der Waals surface area contributed by atoms with Gasteiger partial charge in [0, 0.05) is 6.20 Å². The van der Waals surface area contributed by atoms with Gasteiger partial charge in [0.05, 0.1) is 11.8 Å². The fourth-order valence-electron chi connectivity index (χ4n) is 3.09. The van der Waals surface area contributed by atoms with Gasteiger partial charge in [0.15, 0.2) is 0 Å². The summed E-state index contributed by atoms with van der Waals surface area (Å²) < 4.78 is 6.26. The highest BCUT2D eigenvalue weighted by atomic mass is 32.1. The van der Waals surface area contributed by atoms with Crippen LogP contribution in [0.5, 0.6) is 5.75 Å². The fraction of sp³-hybridized carbons (Fsp3) is 0.625. The van der Waals surface area contributed by atoms with E-state index in [1.165, 1.54) is 12.8 Å². The van der Waals surface area contributed by atoms with Crippen LogP contribution in [-0.4, -0.2) is 16.1 Å². The Morgan fingerprint density at radius 1 is 1.45 bits per heavy atom. The second-order valence-corrected chi connectivity index (χ2v) is 6.66. The summed E-state index contributed by atoms with van der Waals surface area (Å²) in [6.07, 6.45) is 7.27. The molecule has 1 fully saturated rings. The minimum Gasteiger partial charge on any atom is -0.488 e. The van der Waals surface area contributed by atoms with Crippen LogP contribution in [0.4, 0.5) is 0 Å². The van der Waals surface area contributed by atoms with Gasteiger partial charge in [0.1, 0.15) is 16.8 Å². The van der Waals surface area contributed by atoms with E-state index in [0.717, 1.165) is 17.7 Å². The monoisotopic (exact) mass is 292 g/mol. The molecular weight excluding hydrogens is 268 g/mol. The molecule has 0 saturated heterocycles. The van der Waals surface area contributed by atoms with Crippen LogP contribution < -0.4 is 10.5 Å². The Hall–Kier alpha value is -1.16. The van der Waals surface area contributed by atoms with Gasteiger partial charge < -0.3 is 10.5 Å². The van der Waals surface area contributed by atoms with E-state index in [1.54, 1.807) is 12.4 Å². The van der Waals surface area contributed by atoms with Crippen LogP contribution in [0.15, 0.2) is 18.5 Å². The summed E-state index contributed by atoms with van der Waals surface area (Å²) in [6, 6.07) is 1.83. The lowest BCUT2D eigenvalue weighted by atomic mass is 9.75. The molecule has 3 nitrogen and oxygen atoms in total. The zero-order valence-corrected chi connectivity index (χ0v) is 13.3. The molecule has 1 aliphatic rings. The lowest BCUT2D eigenvalue weighted by molar-refractivity contribution is 0.0456. The summed E-state index contributed by atoms with van der Waals surface area (Å²) in [5, 5.41) is 0. The maximum absolute atomic E-state index is 6.26. The van der Waals surface area contributed by atoms with E-state index in [9.17, 15) is 0 Å². The molecule has 0 bridgehead atoms. The molecule has 1 heterocycles. The molecule has 2 rings (SSSR count). The molecule has 4 heteroatoms. The summed E-state index contributed by atoms with van der Waals surface area (Å²) >= 11 is 5.09. The smallest absolute Gasteiger partial charge is 0.148 e. The lowest BCUT2D eigenvalue weighted by Crippen LogP contribution is -2.36. The topological polar surface area (TPSA) is 48.1 Å². The molecule has 2 N–H and O–H groups in total. The van der Waals surface area contributed by atoms with Crippen molar-refractivity contribution in [2.45, 2.75) is 46.1 Å². The van der Waals surface area contributed by atoms with Crippen molar-refractivity contribution < 1.29 is 4.74 Å². The van der Waals surface area contributed by atoms with Gasteiger partial charge in [-0.1, -0.05) is 39.4 Å². The Morgan fingerprint density at radius 2 is 2.20 bits per heavy atom. The summed E-state index contributed by atoms with van der Waals surface area (Å²) in [5.74, 6) is 2.65. The van der Waals surface area contributed by atoms with E-state index in [2.05, 4.69) is 25.8 Å². The highest BCUT2D eigenvalue weighted by Gasteiger charge is 2.32. The molecule has 1 aromatic heterocycles. The Bertz CT molecular complexity index is 475. The standard InChI is InChI=1S/C16H24N2OS/c1-10(2)12-5-4-11(3)8-14(12)19-15-9-18-7-6-13(15)16(17)20/h6-7,9-12,14H,4-5,8H2,1-3H3,(H2,17,20). The molecule has 20 heavy (non-hydrogen) atoms. The molecular formula is C16H24N2OS. The van der Waals surface area contributed by atoms with Gasteiger partial charge in [0.25, 0.3) is 0 Å². The number of rotatable bonds is 4. The maximum atomic E-state index is 6.26. The SMILES string of the molecule is CC1CCC(C(C)C)C(Oc2cnccc2C(N)=S)C1. The van der Waals surface area contributed by atoms with Gasteiger partial charge in [-0.15, -0.1) is 0 Å². The van der Waals surface area contributed by atoms with Crippen molar-refractivity contribution in [3.63, 3.8) is 0 Å². The van der Waals surface area contributed by atoms with Crippen LogP contribution in [-0.2, 0) is 0 Å². The molecule has 110 valence electrons. The fourth-order valence-corrected chi connectivity index (χ4v) is 3.26. The molecule has 0 amide bonds. The second-order valence-electron chi connectivity index (χ2n) is 6.22. The highest BCUT2D eigenvalue weighted by molar-refractivity contribution is 7.80. The van der Waals surface area contributed by atoms with E-state index in [0.29, 0.717) is 22.7 Å². The van der Waals surface area contributed by atoms with E-state index < -0.39 is 0 Å². The maximum Gasteiger partial charge on any atom is 0.148 e. The van der Waals surface area contributed by atoms with E-state index >= 15 is 0 Å². The van der Waals surface area contributed by atoms with Crippen LogP contribution in [0.25, 0.3) is 0 Å². The first-order valence-electron chi connectivity index (χ1n) is 7.39. The Balaban J connectivity index is 2.20. The number of aromatic nitrogens is 1. The predicted molar refractivity (Wildman–Crippen MR) is 85.9 cm³/mol. The zero-order valence-electron chi connectivity index (χ0n) is 12.5. The minimum absolute atomic E-state index is 0.232. The molecule has 3 unspecified atom stereocenters. The van der Waals surface area contributed by atoms with Crippen molar-refractivity contribution in [3.8, 4) is 5.75 Å². The van der Waals surface area contributed by atoms with E-state index in [1.807, 2.05) is 6.07 Å². The van der Waals surface area contributed by atoms with Gasteiger partial charge in [-0.2, -0.15) is 0 Å². The zero-order chi connectivity index (χ0) is 14.7. The lowest BCUT2D eigenvalue weighted by Gasteiger charge is -2.37. The summed E-state index contributed by atoms with van der Waals surface area (Å²) in [7, 11) is 0. The number of hydrogen-bond acceptors (Lipinski definition) is 3. The molecule has 0 spiro atoms. The largest absolute Gasteiger partial charge is 0.488 e. The first-order valence-corrected chi connectivity index (χ1v) is 7.80. The molecule has 1 aliphatic carbocycles. The van der Waals surface area contributed by atoms with Gasteiger partial charge >= 0.3 is 0 Å². The Morgan fingerprint density at radius 3 is 2.85 bits per heavy atom. The van der Waals surface area contributed by atoms with Gasteiger partial charge in [-0.3, -0.25) is 4.98 Å². The molecule has 0 aromatic carbocycles. The molecule has 1 aromatic rings. The third-order valence-electron chi connectivity index (χ3n) is 4.29. The molecule has 0 aliphatic heterocycles. The van der Waals surface area contributed by atoms with Crippen molar-refractivity contribution in [2.24, 2.45) is 23.5 Å². The molecule has 1 saturated carbocycles. The van der Waals surface area contributed by atoms with Crippen LogP contribution in [0.1, 0.15) is 45.6 Å². The average Bonchev–Trinajstić information content (AvgIpc) is 2.38. The average molecular weight is 292 g/mol. The van der Waals surface area contributed by atoms with Crippen LogP contribution in [0.2, 0.25) is 0 Å². The molecule has 0 radical (unpaired) electrons. The van der Waals surface area contributed by atoms with Crippen molar-refractivity contribution in [1.82, 2.24) is 4.98 Å². The highest BCUT2D eigenvalue weighted by Crippen LogP contribution is 2.36. The number of nitrogens with two attached hydrogens (primary N) is 1. The quantitative estimate of drug-likeness (QED) is 0.862. The van der Waals surface area contributed by atoms with Crippen molar-refractivity contribution in [2.75, 3.05) is 0 Å². The normalized spacial score (nSPS) is 26.5. The number of ether oxygens (including phenoxy) is 1. The predicted octanol–water partition coefficient (Wildman–Crippen LogP) is 3.56. The van der Waals surface area contributed by atoms with Crippen molar-refractivity contribution in [3.05, 3.63) is 24.0 Å². The third-order valence-corrected chi connectivity index (χ3v) is 4.51. The summed E-state index contributed by atoms with van der Waals surface area (Å²) in [5.41, 5.74) is 6.55. The molecule has 3 atom stereocenters. The number of pyridine rings is 1. The number of nitrogens with zero attached hydrogens (tertiary/aromatic N) is 1. The summed E-state index contributed by atoms with van der Waals surface area (Å²) in [4.78, 5) is 4.51. The van der Waals surface area contributed by atoms with Crippen molar-refractivity contribution >= 4 is 17.2 Å².